The molecular weight excluding hydrogens is 723 g/mol. The Morgan fingerprint density at radius 2 is 1.08 bits per heavy atom. The van der Waals surface area contributed by atoms with Crippen LogP contribution in [-0.4, -0.2) is 19.6 Å². The van der Waals surface area contributed by atoms with E-state index in [1.165, 1.54) is 11.1 Å². The number of phenolic OH excluding ortho intramolecular Hbond substituents is 1. The second-order valence-electron chi connectivity index (χ2n) is 14.7. The smallest absolute Gasteiger partial charge is 0.149 e. The predicted octanol–water partition coefficient (Wildman–Crippen LogP) is 14.0. The van der Waals surface area contributed by atoms with Crippen LogP contribution in [0.5, 0.6) is 5.75 Å². The van der Waals surface area contributed by atoms with Crippen molar-refractivity contribution in [3.63, 3.8) is 0 Å². The van der Waals surface area contributed by atoms with Gasteiger partial charge >= 0.3 is 0 Å². The third kappa shape index (κ3) is 5.96. The summed E-state index contributed by atoms with van der Waals surface area (Å²) in [5.74, 6) is 0.795. The molecule has 0 aliphatic rings. The molecule has 59 heavy (non-hydrogen) atoms. The standard InChI is InChI=1S/C54H35N3O2/c58-50-24-11-8-20-44(50)54-56-52-43(21-13-23-49(52)57(54)48-22-10-7-18-41(48)38-16-5-2-6-17-38)46-33-40(32-45-42-19-9-12-25-51(42)59-53(45)46)47-34-39(30-31-55-47)37-28-26-36(27-29-37)35-14-3-1-4-15-35/h1-34,58H. The molecule has 3 heterocycles. The van der Waals surface area contributed by atoms with Gasteiger partial charge in [0.15, 0.2) is 0 Å². The van der Waals surface area contributed by atoms with Gasteiger partial charge in [-0.25, -0.2) is 4.98 Å². The van der Waals surface area contributed by atoms with E-state index < -0.39 is 0 Å². The summed E-state index contributed by atoms with van der Waals surface area (Å²) in [6.07, 6.45) is 1.89. The number of pyridine rings is 1. The second kappa shape index (κ2) is 14.2. The Balaban J connectivity index is 1.13. The molecule has 0 atom stereocenters. The minimum Gasteiger partial charge on any atom is -0.507 e. The van der Waals surface area contributed by atoms with Crippen molar-refractivity contribution in [1.29, 1.82) is 0 Å². The van der Waals surface area contributed by atoms with Gasteiger partial charge in [-0.05, 0) is 82.4 Å². The highest BCUT2D eigenvalue weighted by molar-refractivity contribution is 6.13. The molecule has 11 rings (SSSR count). The third-order valence-corrected chi connectivity index (χ3v) is 11.2. The molecule has 0 spiro atoms. The van der Waals surface area contributed by atoms with Crippen LogP contribution in [-0.2, 0) is 0 Å². The van der Waals surface area contributed by atoms with Crippen LogP contribution >= 0.6 is 0 Å². The highest BCUT2D eigenvalue weighted by Gasteiger charge is 2.24. The fourth-order valence-corrected chi connectivity index (χ4v) is 8.36. The third-order valence-electron chi connectivity index (χ3n) is 11.2. The minimum absolute atomic E-state index is 0.158. The Morgan fingerprint density at radius 1 is 0.441 bits per heavy atom. The number of fused-ring (bicyclic) bond motifs is 4. The van der Waals surface area contributed by atoms with Crippen LogP contribution < -0.4 is 0 Å². The molecule has 0 saturated carbocycles. The summed E-state index contributed by atoms with van der Waals surface area (Å²) in [6.45, 7) is 0. The Kier molecular flexibility index (Phi) is 8.23. The maximum atomic E-state index is 11.3. The molecule has 0 fully saturated rings. The van der Waals surface area contributed by atoms with Crippen LogP contribution in [0.3, 0.4) is 0 Å². The van der Waals surface area contributed by atoms with Gasteiger partial charge < -0.3 is 9.52 Å². The highest BCUT2D eigenvalue weighted by atomic mass is 16.3. The van der Waals surface area contributed by atoms with Gasteiger partial charge in [-0.2, -0.15) is 0 Å². The van der Waals surface area contributed by atoms with E-state index >= 15 is 0 Å². The molecule has 5 heteroatoms. The Morgan fingerprint density at radius 3 is 1.88 bits per heavy atom. The summed E-state index contributed by atoms with van der Waals surface area (Å²) in [5.41, 5.74) is 15.2. The fourth-order valence-electron chi connectivity index (χ4n) is 8.36. The summed E-state index contributed by atoms with van der Waals surface area (Å²) >= 11 is 0. The van der Waals surface area contributed by atoms with E-state index in [1.807, 2.05) is 60.8 Å². The maximum Gasteiger partial charge on any atom is 0.149 e. The molecule has 1 N–H and O–H groups in total. The van der Waals surface area contributed by atoms with Crippen molar-refractivity contribution in [2.45, 2.75) is 0 Å². The summed E-state index contributed by atoms with van der Waals surface area (Å²) in [4.78, 5) is 10.4. The number of hydrogen-bond donors (Lipinski definition) is 1. The normalized spacial score (nSPS) is 11.5. The molecule has 11 aromatic rings. The number of nitrogens with zero attached hydrogens (tertiary/aromatic N) is 3. The molecule has 0 amide bonds. The minimum atomic E-state index is 0.158. The largest absolute Gasteiger partial charge is 0.507 e. The zero-order chi connectivity index (χ0) is 39.3. The summed E-state index contributed by atoms with van der Waals surface area (Å²) < 4.78 is 8.90. The number of rotatable bonds is 7. The van der Waals surface area contributed by atoms with Gasteiger partial charge in [0, 0.05) is 39.2 Å². The van der Waals surface area contributed by atoms with E-state index in [-0.39, 0.29) is 5.75 Å². The average Bonchev–Trinajstić information content (AvgIpc) is 3.89. The quantitative estimate of drug-likeness (QED) is 0.176. The first kappa shape index (κ1) is 34.2. The van der Waals surface area contributed by atoms with Crippen LogP contribution in [0.25, 0.3) is 106 Å². The number of para-hydroxylation sites is 4. The molecule has 0 unspecified atom stereocenters. The second-order valence-corrected chi connectivity index (χ2v) is 14.7. The molecule has 0 radical (unpaired) electrons. The molecule has 0 saturated heterocycles. The molecule has 0 aliphatic heterocycles. The zero-order valence-corrected chi connectivity index (χ0v) is 31.8. The van der Waals surface area contributed by atoms with Crippen LogP contribution in [0, 0.1) is 0 Å². The number of imidazole rings is 1. The monoisotopic (exact) mass is 757 g/mol. The van der Waals surface area contributed by atoms with Gasteiger partial charge in [-0.3, -0.25) is 9.55 Å². The van der Waals surface area contributed by atoms with E-state index in [2.05, 4.69) is 144 Å². The number of aromatic hydroxyl groups is 1. The van der Waals surface area contributed by atoms with Gasteiger partial charge in [0.2, 0.25) is 0 Å². The number of benzene rings is 8. The van der Waals surface area contributed by atoms with Gasteiger partial charge in [0.25, 0.3) is 0 Å². The lowest BCUT2D eigenvalue weighted by Crippen LogP contribution is -2.00. The topological polar surface area (TPSA) is 64.1 Å². The first-order chi connectivity index (χ1) is 29.2. The van der Waals surface area contributed by atoms with E-state index in [1.54, 1.807) is 6.07 Å². The average molecular weight is 758 g/mol. The first-order valence-corrected chi connectivity index (χ1v) is 19.7. The van der Waals surface area contributed by atoms with Crippen molar-refractivity contribution >= 4 is 33.0 Å². The Bertz CT molecular complexity index is 3330. The lowest BCUT2D eigenvalue weighted by atomic mass is 9.95. The lowest BCUT2D eigenvalue weighted by molar-refractivity contribution is 0.477. The van der Waals surface area contributed by atoms with Crippen molar-refractivity contribution in [1.82, 2.24) is 14.5 Å². The number of hydrogen-bond acceptors (Lipinski definition) is 4. The van der Waals surface area contributed by atoms with E-state index in [9.17, 15) is 5.11 Å². The molecule has 278 valence electrons. The van der Waals surface area contributed by atoms with Crippen LogP contribution in [0.15, 0.2) is 211 Å². The van der Waals surface area contributed by atoms with E-state index in [0.29, 0.717) is 11.4 Å². The van der Waals surface area contributed by atoms with Gasteiger partial charge in [0.1, 0.15) is 22.7 Å². The van der Waals surface area contributed by atoms with Crippen molar-refractivity contribution in [3.8, 4) is 78.6 Å². The SMILES string of the molecule is Oc1ccccc1-c1nc2c(-c3cc(-c4cc(-c5ccc(-c6ccccc6)cc5)ccn4)cc4c3oc3ccccc34)cccc2n1-c1ccccc1-c1ccccc1. The van der Waals surface area contributed by atoms with Crippen molar-refractivity contribution in [3.05, 3.63) is 206 Å². The molecule has 0 aliphatic carbocycles. The summed E-state index contributed by atoms with van der Waals surface area (Å²) in [7, 11) is 0. The highest BCUT2D eigenvalue weighted by Crippen LogP contribution is 2.44. The van der Waals surface area contributed by atoms with Gasteiger partial charge in [0.05, 0.1) is 28.0 Å². The van der Waals surface area contributed by atoms with E-state index in [4.69, 9.17) is 14.4 Å². The number of phenols is 1. The summed E-state index contributed by atoms with van der Waals surface area (Å²) in [6, 6.07) is 68.3. The first-order valence-electron chi connectivity index (χ1n) is 19.7. The number of aromatic nitrogens is 3. The van der Waals surface area contributed by atoms with Gasteiger partial charge in [-0.15, -0.1) is 0 Å². The van der Waals surface area contributed by atoms with Crippen LogP contribution in [0.4, 0.5) is 0 Å². The fraction of sp³-hybridized carbons (Fsp3) is 0. The zero-order valence-electron chi connectivity index (χ0n) is 31.8. The van der Waals surface area contributed by atoms with Gasteiger partial charge in [-0.1, -0.05) is 146 Å². The molecule has 3 aromatic heterocycles. The van der Waals surface area contributed by atoms with Crippen LogP contribution in [0.1, 0.15) is 0 Å². The molecule has 8 aromatic carbocycles. The Labute approximate surface area is 340 Å². The number of furan rings is 1. The lowest BCUT2D eigenvalue weighted by Gasteiger charge is -2.15. The van der Waals surface area contributed by atoms with Crippen molar-refractivity contribution < 1.29 is 9.52 Å². The molecular formula is C54H35N3O2. The Hall–Kier alpha value is -8.02. The van der Waals surface area contributed by atoms with Crippen molar-refractivity contribution in [2.24, 2.45) is 0 Å². The predicted molar refractivity (Wildman–Crippen MR) is 240 cm³/mol. The summed E-state index contributed by atoms with van der Waals surface area (Å²) in [5, 5.41) is 13.3. The molecule has 5 nitrogen and oxygen atoms in total. The molecule has 0 bridgehead atoms. The maximum absolute atomic E-state index is 11.3. The van der Waals surface area contributed by atoms with E-state index in [0.717, 1.165) is 83.3 Å². The van der Waals surface area contributed by atoms with Crippen LogP contribution in [0.2, 0.25) is 0 Å². The van der Waals surface area contributed by atoms with Crippen molar-refractivity contribution in [2.75, 3.05) is 0 Å².